The molecule has 0 amide bonds. The third-order valence-electron chi connectivity index (χ3n) is 2.28. The van der Waals surface area contributed by atoms with Crippen molar-refractivity contribution in [3.63, 3.8) is 0 Å². The molecular weight excluding hydrogens is 205 g/mol. The second-order valence-electron chi connectivity index (χ2n) is 3.29. The first kappa shape index (κ1) is 10.4. The van der Waals surface area contributed by atoms with Gasteiger partial charge in [-0.1, -0.05) is 47.6 Å². The van der Waals surface area contributed by atoms with E-state index < -0.39 is 5.82 Å². The summed E-state index contributed by atoms with van der Waals surface area (Å²) in [6.07, 6.45) is 0. The summed E-state index contributed by atoms with van der Waals surface area (Å²) < 4.78 is 13.5. The zero-order chi connectivity index (χ0) is 11.4. The predicted molar refractivity (Wildman–Crippen MR) is 60.3 cm³/mol. The third-order valence-corrected chi connectivity index (χ3v) is 2.28. The average molecular weight is 215 g/mol. The Morgan fingerprint density at radius 2 is 1.56 bits per heavy atom. The summed E-state index contributed by atoms with van der Waals surface area (Å²) in [5, 5.41) is 12.1. The van der Waals surface area contributed by atoms with Gasteiger partial charge in [-0.25, -0.2) is 4.39 Å². The SMILES string of the molecule is ON=C(c1ccccc1)c1ccccc1F. The molecule has 2 aromatic carbocycles. The topological polar surface area (TPSA) is 32.6 Å². The molecule has 0 heterocycles. The zero-order valence-corrected chi connectivity index (χ0v) is 8.47. The average Bonchev–Trinajstić information content (AvgIpc) is 2.34. The summed E-state index contributed by atoms with van der Waals surface area (Å²) >= 11 is 0. The van der Waals surface area contributed by atoms with Gasteiger partial charge in [0.1, 0.15) is 11.5 Å². The number of hydrogen-bond donors (Lipinski definition) is 1. The molecule has 0 saturated heterocycles. The standard InChI is InChI=1S/C13H10FNO/c14-12-9-5-4-8-11(12)13(15-16)10-6-2-1-3-7-10/h1-9,16H. The van der Waals surface area contributed by atoms with E-state index >= 15 is 0 Å². The van der Waals surface area contributed by atoms with Crippen molar-refractivity contribution in [2.75, 3.05) is 0 Å². The fraction of sp³-hybridized carbons (Fsp3) is 0. The minimum Gasteiger partial charge on any atom is -0.410 e. The maximum atomic E-state index is 13.5. The molecule has 0 bridgehead atoms. The summed E-state index contributed by atoms with van der Waals surface area (Å²) in [6.45, 7) is 0. The van der Waals surface area contributed by atoms with E-state index in [1.165, 1.54) is 6.07 Å². The molecule has 1 N–H and O–H groups in total. The minimum absolute atomic E-state index is 0.235. The van der Waals surface area contributed by atoms with Crippen LogP contribution in [0.2, 0.25) is 0 Å². The highest BCUT2D eigenvalue weighted by molar-refractivity contribution is 6.12. The number of hydrogen-bond acceptors (Lipinski definition) is 2. The van der Waals surface area contributed by atoms with E-state index in [1.54, 1.807) is 42.5 Å². The number of oxime groups is 1. The molecule has 0 spiro atoms. The molecule has 0 aliphatic rings. The molecule has 80 valence electrons. The number of benzene rings is 2. The molecule has 0 aromatic heterocycles. The molecular formula is C13H10FNO. The first-order valence-corrected chi connectivity index (χ1v) is 4.85. The highest BCUT2D eigenvalue weighted by atomic mass is 19.1. The van der Waals surface area contributed by atoms with Crippen molar-refractivity contribution in [3.8, 4) is 0 Å². The van der Waals surface area contributed by atoms with E-state index in [4.69, 9.17) is 5.21 Å². The van der Waals surface area contributed by atoms with Crippen molar-refractivity contribution in [3.05, 3.63) is 71.5 Å². The van der Waals surface area contributed by atoms with Gasteiger partial charge in [-0.2, -0.15) is 0 Å². The summed E-state index contributed by atoms with van der Waals surface area (Å²) in [4.78, 5) is 0. The van der Waals surface area contributed by atoms with Gasteiger partial charge < -0.3 is 5.21 Å². The van der Waals surface area contributed by atoms with Crippen LogP contribution in [-0.4, -0.2) is 10.9 Å². The van der Waals surface area contributed by atoms with Crippen LogP contribution in [-0.2, 0) is 0 Å². The lowest BCUT2D eigenvalue weighted by Gasteiger charge is -2.05. The summed E-state index contributed by atoms with van der Waals surface area (Å²) in [7, 11) is 0. The van der Waals surface area contributed by atoms with Gasteiger partial charge >= 0.3 is 0 Å². The smallest absolute Gasteiger partial charge is 0.132 e. The molecule has 16 heavy (non-hydrogen) atoms. The van der Waals surface area contributed by atoms with E-state index in [-0.39, 0.29) is 11.3 Å². The highest BCUT2D eigenvalue weighted by Crippen LogP contribution is 2.13. The first-order valence-electron chi connectivity index (χ1n) is 4.85. The Hall–Kier alpha value is -2.16. The van der Waals surface area contributed by atoms with Gasteiger partial charge in [0.25, 0.3) is 0 Å². The lowest BCUT2D eigenvalue weighted by molar-refractivity contribution is 0.319. The van der Waals surface area contributed by atoms with E-state index in [0.717, 1.165) is 0 Å². The fourth-order valence-corrected chi connectivity index (χ4v) is 1.52. The quantitative estimate of drug-likeness (QED) is 0.466. The van der Waals surface area contributed by atoms with Crippen LogP contribution in [0.5, 0.6) is 0 Å². The Morgan fingerprint density at radius 3 is 2.19 bits per heavy atom. The van der Waals surface area contributed by atoms with Crippen LogP contribution < -0.4 is 0 Å². The first-order chi connectivity index (χ1) is 7.83. The molecule has 0 unspecified atom stereocenters. The maximum Gasteiger partial charge on any atom is 0.132 e. The molecule has 0 radical (unpaired) electrons. The number of nitrogens with zero attached hydrogens (tertiary/aromatic N) is 1. The highest BCUT2D eigenvalue weighted by Gasteiger charge is 2.11. The minimum atomic E-state index is -0.404. The van der Waals surface area contributed by atoms with Gasteiger partial charge in [-0.15, -0.1) is 0 Å². The predicted octanol–water partition coefficient (Wildman–Crippen LogP) is 3.05. The number of halogens is 1. The third kappa shape index (κ3) is 1.93. The Balaban J connectivity index is 2.51. The van der Waals surface area contributed by atoms with Crippen molar-refractivity contribution in [2.45, 2.75) is 0 Å². The molecule has 0 aliphatic carbocycles. The van der Waals surface area contributed by atoms with E-state index in [0.29, 0.717) is 5.56 Å². The molecule has 0 saturated carbocycles. The van der Waals surface area contributed by atoms with Gasteiger partial charge in [0.2, 0.25) is 0 Å². The molecule has 3 heteroatoms. The van der Waals surface area contributed by atoms with Gasteiger partial charge in [-0.3, -0.25) is 0 Å². The molecule has 0 fully saturated rings. The van der Waals surface area contributed by atoms with Crippen LogP contribution in [0.3, 0.4) is 0 Å². The largest absolute Gasteiger partial charge is 0.410 e. The molecule has 2 rings (SSSR count). The Labute approximate surface area is 92.7 Å². The fourth-order valence-electron chi connectivity index (χ4n) is 1.52. The second-order valence-corrected chi connectivity index (χ2v) is 3.29. The van der Waals surface area contributed by atoms with Crippen LogP contribution in [0.15, 0.2) is 59.8 Å². The molecule has 0 aliphatic heterocycles. The normalized spacial score (nSPS) is 11.4. The Bertz CT molecular complexity index is 508. The van der Waals surface area contributed by atoms with Crippen molar-refractivity contribution in [1.29, 1.82) is 0 Å². The van der Waals surface area contributed by atoms with Crippen LogP contribution in [0, 0.1) is 5.82 Å². The van der Waals surface area contributed by atoms with Gasteiger partial charge in [0.15, 0.2) is 0 Å². The summed E-state index contributed by atoms with van der Waals surface area (Å²) in [5.74, 6) is -0.404. The molecule has 0 atom stereocenters. The van der Waals surface area contributed by atoms with Gasteiger partial charge in [-0.05, 0) is 12.1 Å². The Morgan fingerprint density at radius 1 is 0.938 bits per heavy atom. The van der Waals surface area contributed by atoms with Crippen LogP contribution in [0.1, 0.15) is 11.1 Å². The summed E-state index contributed by atoms with van der Waals surface area (Å²) in [5.41, 5.74) is 1.20. The van der Waals surface area contributed by atoms with E-state index in [1.807, 2.05) is 6.07 Å². The van der Waals surface area contributed by atoms with Gasteiger partial charge in [0.05, 0.1) is 0 Å². The van der Waals surface area contributed by atoms with Crippen molar-refractivity contribution < 1.29 is 9.60 Å². The summed E-state index contributed by atoms with van der Waals surface area (Å²) in [6, 6.07) is 15.2. The molecule has 2 nitrogen and oxygen atoms in total. The van der Waals surface area contributed by atoms with E-state index in [2.05, 4.69) is 5.16 Å². The van der Waals surface area contributed by atoms with Crippen molar-refractivity contribution >= 4 is 5.71 Å². The maximum absolute atomic E-state index is 13.5. The van der Waals surface area contributed by atoms with Crippen LogP contribution in [0.25, 0.3) is 0 Å². The second kappa shape index (κ2) is 4.57. The Kier molecular flexibility index (Phi) is 2.96. The van der Waals surface area contributed by atoms with Gasteiger partial charge in [0, 0.05) is 11.1 Å². The van der Waals surface area contributed by atoms with E-state index in [9.17, 15) is 4.39 Å². The van der Waals surface area contributed by atoms with Crippen molar-refractivity contribution in [2.24, 2.45) is 5.16 Å². The van der Waals surface area contributed by atoms with Crippen LogP contribution >= 0.6 is 0 Å². The monoisotopic (exact) mass is 215 g/mol. The number of rotatable bonds is 2. The van der Waals surface area contributed by atoms with Crippen LogP contribution in [0.4, 0.5) is 4.39 Å². The zero-order valence-electron chi connectivity index (χ0n) is 8.47. The lowest BCUT2D eigenvalue weighted by Crippen LogP contribution is -2.05. The molecule has 2 aromatic rings. The van der Waals surface area contributed by atoms with Crippen molar-refractivity contribution in [1.82, 2.24) is 0 Å². The lowest BCUT2D eigenvalue weighted by atomic mass is 10.0.